The molecule has 38 heavy (non-hydrogen) atoms. The average Bonchev–Trinajstić information content (AvgIpc) is 3.32. The second-order valence-corrected chi connectivity index (χ2v) is 8.72. The van der Waals surface area contributed by atoms with Crippen molar-refractivity contribution in [1.82, 2.24) is 20.3 Å². The molecule has 5 N–H and O–H groups in total. The van der Waals surface area contributed by atoms with Gasteiger partial charge in [-0.15, -0.1) is 0 Å². The summed E-state index contributed by atoms with van der Waals surface area (Å²) in [5, 5.41) is 24.2. The monoisotopic (exact) mass is 534 g/mol. The summed E-state index contributed by atoms with van der Waals surface area (Å²) in [5.41, 5.74) is 3.53. The van der Waals surface area contributed by atoms with Gasteiger partial charge in [0.25, 0.3) is 0 Å². The minimum Gasteiger partial charge on any atom is -0.497 e. The van der Waals surface area contributed by atoms with Crippen LogP contribution in [0.2, 0.25) is 0 Å². The number of aromatic amines is 1. The normalized spacial score (nSPS) is 12.9. The van der Waals surface area contributed by atoms with Crippen molar-refractivity contribution in [2.24, 2.45) is 0 Å². The Kier molecular flexibility index (Phi) is 12.0. The molecule has 208 valence electrons. The second kappa shape index (κ2) is 15.2. The molecule has 1 aromatic carbocycles. The maximum Gasteiger partial charge on any atom is 0.414 e. The van der Waals surface area contributed by atoms with Crippen molar-refractivity contribution in [2.45, 2.75) is 44.9 Å². The van der Waals surface area contributed by atoms with E-state index in [1.54, 1.807) is 12.6 Å². The van der Waals surface area contributed by atoms with Crippen LogP contribution in [0.25, 0.3) is 10.9 Å². The van der Waals surface area contributed by atoms with E-state index >= 15 is 0 Å². The number of fused-ring (bicyclic) bond motifs is 1. The van der Waals surface area contributed by atoms with Crippen LogP contribution < -0.4 is 10.2 Å². The number of nitrogens with one attached hydrogen (secondary N) is 2. The molecule has 3 rings (SSSR count). The summed E-state index contributed by atoms with van der Waals surface area (Å²) in [4.78, 5) is 61.3. The van der Waals surface area contributed by atoms with Crippen molar-refractivity contribution < 1.29 is 44.1 Å². The molecule has 0 radical (unpaired) electrons. The Morgan fingerprint density at radius 2 is 1.47 bits per heavy atom. The molecule has 0 saturated carbocycles. The van der Waals surface area contributed by atoms with Gasteiger partial charge in [-0.3, -0.25) is 19.6 Å². The molecule has 3 amide bonds. The van der Waals surface area contributed by atoms with Crippen LogP contribution in [0.1, 0.15) is 44.1 Å². The third-order valence-corrected chi connectivity index (χ3v) is 6.15. The number of hydroxylamine groups is 1. The van der Waals surface area contributed by atoms with Crippen LogP contribution in [0.4, 0.5) is 0 Å². The molecule has 13 nitrogen and oxygen atoms in total. The predicted octanol–water partition coefficient (Wildman–Crippen LogP) is 1.39. The van der Waals surface area contributed by atoms with E-state index in [4.69, 9.17) is 29.7 Å². The molecule has 0 unspecified atom stereocenters. The Labute approximate surface area is 219 Å². The molecule has 1 aliphatic heterocycles. The number of unbranched alkanes of at least 4 members (excludes halogenated alkanes) is 3. The highest BCUT2D eigenvalue weighted by atomic mass is 16.5. The van der Waals surface area contributed by atoms with Crippen LogP contribution in [0.3, 0.4) is 0 Å². The van der Waals surface area contributed by atoms with Gasteiger partial charge in [0.15, 0.2) is 0 Å². The van der Waals surface area contributed by atoms with Crippen LogP contribution in [-0.4, -0.2) is 93.2 Å². The standard InChI is InChI=1S/C23H32N4O5.C2H2O4/c1-32-18-8-9-20-19(15-18)17(16-24-20)14-23(30)27-12-10-26(11-13-27)22(29)7-5-3-2-4-6-21(28)25-31;3-1(4)2(5)6/h8-9,15-16,24,31H,2-7,10-14H2,1H3,(H,25,28);(H,3,4)(H,5,6). The molecule has 1 saturated heterocycles. The maximum atomic E-state index is 12.8. The molecule has 0 spiro atoms. The summed E-state index contributed by atoms with van der Waals surface area (Å²) < 4.78 is 5.29. The van der Waals surface area contributed by atoms with Crippen molar-refractivity contribution in [1.29, 1.82) is 0 Å². The molecule has 1 aromatic heterocycles. The largest absolute Gasteiger partial charge is 0.497 e. The van der Waals surface area contributed by atoms with E-state index in [1.165, 1.54) is 0 Å². The van der Waals surface area contributed by atoms with Crippen molar-refractivity contribution in [3.63, 3.8) is 0 Å². The maximum absolute atomic E-state index is 12.8. The number of ether oxygens (including phenoxy) is 1. The number of aromatic nitrogens is 1. The summed E-state index contributed by atoms with van der Waals surface area (Å²) in [6, 6.07) is 5.77. The van der Waals surface area contributed by atoms with Crippen LogP contribution in [-0.2, 0) is 30.4 Å². The number of methoxy groups -OCH3 is 1. The highest BCUT2D eigenvalue weighted by Gasteiger charge is 2.24. The average molecular weight is 535 g/mol. The van der Waals surface area contributed by atoms with Gasteiger partial charge in [-0.25, -0.2) is 15.1 Å². The van der Waals surface area contributed by atoms with Crippen LogP contribution >= 0.6 is 0 Å². The molecule has 2 heterocycles. The zero-order chi connectivity index (χ0) is 28.1. The van der Waals surface area contributed by atoms with Crippen molar-refractivity contribution in [3.8, 4) is 5.75 Å². The predicted molar refractivity (Wildman–Crippen MR) is 135 cm³/mol. The number of nitrogens with zero attached hydrogens (tertiary/aromatic N) is 2. The third kappa shape index (κ3) is 9.39. The number of piperazine rings is 1. The first kappa shape index (κ1) is 30.1. The third-order valence-electron chi connectivity index (χ3n) is 6.15. The van der Waals surface area contributed by atoms with Gasteiger partial charge in [0.1, 0.15) is 5.75 Å². The molecular weight excluding hydrogens is 500 g/mol. The van der Waals surface area contributed by atoms with Gasteiger partial charge in [-0.2, -0.15) is 0 Å². The Morgan fingerprint density at radius 1 is 0.895 bits per heavy atom. The number of hydrogen-bond acceptors (Lipinski definition) is 7. The lowest BCUT2D eigenvalue weighted by molar-refractivity contribution is -0.159. The number of amides is 3. The summed E-state index contributed by atoms with van der Waals surface area (Å²) in [7, 11) is 1.62. The summed E-state index contributed by atoms with van der Waals surface area (Å²) >= 11 is 0. The lowest BCUT2D eigenvalue weighted by atomic mass is 10.1. The van der Waals surface area contributed by atoms with Gasteiger partial charge in [-0.1, -0.05) is 12.8 Å². The topological polar surface area (TPSA) is 190 Å². The van der Waals surface area contributed by atoms with Gasteiger partial charge >= 0.3 is 11.9 Å². The zero-order valence-corrected chi connectivity index (χ0v) is 21.3. The zero-order valence-electron chi connectivity index (χ0n) is 21.3. The first-order valence-electron chi connectivity index (χ1n) is 12.2. The van der Waals surface area contributed by atoms with Crippen molar-refractivity contribution in [2.75, 3.05) is 33.3 Å². The number of aliphatic carboxylic acids is 2. The van der Waals surface area contributed by atoms with Crippen LogP contribution in [0.5, 0.6) is 5.75 Å². The lowest BCUT2D eigenvalue weighted by Crippen LogP contribution is -2.50. The van der Waals surface area contributed by atoms with Crippen molar-refractivity contribution in [3.05, 3.63) is 30.0 Å². The highest BCUT2D eigenvalue weighted by molar-refractivity contribution is 6.27. The number of carbonyl (C=O) groups excluding carboxylic acids is 3. The Hall–Kier alpha value is -4.13. The number of benzene rings is 1. The van der Waals surface area contributed by atoms with E-state index in [2.05, 4.69) is 4.98 Å². The van der Waals surface area contributed by atoms with Crippen molar-refractivity contribution >= 4 is 40.6 Å². The van der Waals surface area contributed by atoms with E-state index in [-0.39, 0.29) is 17.7 Å². The lowest BCUT2D eigenvalue weighted by Gasteiger charge is -2.35. The first-order chi connectivity index (χ1) is 18.2. The van der Waals surface area contributed by atoms with E-state index < -0.39 is 11.9 Å². The fourth-order valence-corrected chi connectivity index (χ4v) is 4.04. The molecule has 0 aliphatic carbocycles. The Morgan fingerprint density at radius 3 is 2.03 bits per heavy atom. The minimum absolute atomic E-state index is 0.0627. The first-order valence-corrected chi connectivity index (χ1v) is 12.2. The number of rotatable bonds is 10. The molecular formula is C25H34N4O9. The molecule has 2 aromatic rings. The number of carboxylic acid groups (broad SMARTS) is 2. The number of carboxylic acids is 2. The quantitative estimate of drug-likeness (QED) is 0.130. The SMILES string of the molecule is COc1ccc2[nH]cc(CC(=O)N3CCN(C(=O)CCCCCCC(=O)NO)CC3)c2c1.O=C(O)C(=O)O. The molecule has 0 atom stereocenters. The highest BCUT2D eigenvalue weighted by Crippen LogP contribution is 2.24. The fourth-order valence-electron chi connectivity index (χ4n) is 4.04. The van der Waals surface area contributed by atoms with E-state index in [1.807, 2.05) is 34.2 Å². The number of hydrogen-bond donors (Lipinski definition) is 5. The van der Waals surface area contributed by atoms with Gasteiger partial charge in [0, 0.05) is 56.1 Å². The molecule has 0 bridgehead atoms. The Balaban J connectivity index is 0.000000757. The minimum atomic E-state index is -1.82. The fraction of sp³-hybridized carbons (Fsp3) is 0.480. The van der Waals surface area contributed by atoms with E-state index in [9.17, 15) is 14.4 Å². The number of H-pyrrole nitrogens is 1. The molecule has 1 aliphatic rings. The molecule has 1 fully saturated rings. The summed E-state index contributed by atoms with van der Waals surface area (Å²) in [6.07, 6.45) is 6.17. The van der Waals surface area contributed by atoms with Gasteiger partial charge in [0.05, 0.1) is 13.5 Å². The smallest absolute Gasteiger partial charge is 0.414 e. The van der Waals surface area contributed by atoms with E-state index in [0.717, 1.165) is 41.5 Å². The Bertz CT molecular complexity index is 1110. The van der Waals surface area contributed by atoms with Gasteiger partial charge < -0.3 is 29.7 Å². The molecule has 13 heteroatoms. The summed E-state index contributed by atoms with van der Waals surface area (Å²) in [6.45, 7) is 2.21. The van der Waals surface area contributed by atoms with Gasteiger partial charge in [-0.05, 0) is 36.6 Å². The van der Waals surface area contributed by atoms with Crippen LogP contribution in [0.15, 0.2) is 24.4 Å². The second-order valence-electron chi connectivity index (χ2n) is 8.72. The van der Waals surface area contributed by atoms with Crippen LogP contribution in [0, 0.1) is 0 Å². The van der Waals surface area contributed by atoms with Gasteiger partial charge in [0.2, 0.25) is 17.7 Å². The summed E-state index contributed by atoms with van der Waals surface area (Å²) in [5.74, 6) is -3.09. The van der Waals surface area contributed by atoms with E-state index in [0.29, 0.717) is 51.9 Å². The number of carbonyl (C=O) groups is 5.